The van der Waals surface area contributed by atoms with Gasteiger partial charge in [0.1, 0.15) is 6.33 Å². The predicted octanol–water partition coefficient (Wildman–Crippen LogP) is 4.35. The molecule has 0 saturated heterocycles. The average molecular weight is 335 g/mol. The quantitative estimate of drug-likeness (QED) is 0.697. The Labute approximate surface area is 124 Å². The monoisotopic (exact) mass is 333 g/mol. The van der Waals surface area contributed by atoms with Crippen LogP contribution in [0.1, 0.15) is 0 Å². The zero-order valence-corrected chi connectivity index (χ0v) is 12.1. The van der Waals surface area contributed by atoms with Crippen molar-refractivity contribution in [3.05, 3.63) is 64.4 Å². The zero-order valence-electron chi connectivity index (χ0n) is 9.79. The predicted molar refractivity (Wildman–Crippen MR) is 79.5 cm³/mol. The van der Waals surface area contributed by atoms with E-state index < -0.39 is 0 Å². The van der Waals surface area contributed by atoms with E-state index in [1.165, 1.54) is 6.33 Å². The molecule has 1 heterocycles. The summed E-state index contributed by atoms with van der Waals surface area (Å²) in [5.41, 5.74) is 1.81. The molecule has 0 N–H and O–H groups in total. The number of rotatable bonds is 2. The summed E-state index contributed by atoms with van der Waals surface area (Å²) >= 11 is 9.62. The normalized spacial score (nSPS) is 10.6. The molecular formula is C14H9BrClN3. The third-order valence-electron chi connectivity index (χ3n) is 2.73. The van der Waals surface area contributed by atoms with E-state index in [4.69, 9.17) is 11.6 Å². The number of aromatic nitrogens is 3. The summed E-state index contributed by atoms with van der Waals surface area (Å²) < 4.78 is 2.77. The van der Waals surface area contributed by atoms with Gasteiger partial charge in [0.15, 0.2) is 5.82 Å². The lowest BCUT2D eigenvalue weighted by Gasteiger charge is -2.07. The minimum absolute atomic E-state index is 0.645. The number of hydrogen-bond donors (Lipinski definition) is 0. The molecule has 0 aliphatic carbocycles. The van der Waals surface area contributed by atoms with Gasteiger partial charge in [0, 0.05) is 10.0 Å². The van der Waals surface area contributed by atoms with Gasteiger partial charge < -0.3 is 0 Å². The standard InChI is InChI=1S/C14H9BrClN3/c15-11-7-5-10(6-8-11)14-17-9-18-19(14)13-4-2-1-3-12(13)16/h1-9H. The molecule has 5 heteroatoms. The van der Waals surface area contributed by atoms with Crippen LogP contribution in [0.25, 0.3) is 17.1 Å². The van der Waals surface area contributed by atoms with Gasteiger partial charge in [-0.25, -0.2) is 9.67 Å². The second-order valence-corrected chi connectivity index (χ2v) is 5.28. The SMILES string of the molecule is Clc1ccccc1-n1ncnc1-c1ccc(Br)cc1. The second-order valence-electron chi connectivity index (χ2n) is 3.95. The van der Waals surface area contributed by atoms with Crippen molar-refractivity contribution in [2.75, 3.05) is 0 Å². The lowest BCUT2D eigenvalue weighted by Crippen LogP contribution is -2.00. The molecule has 0 spiro atoms. The van der Waals surface area contributed by atoms with Crippen LogP contribution in [0, 0.1) is 0 Å². The fraction of sp³-hybridized carbons (Fsp3) is 0. The molecule has 0 aliphatic heterocycles. The number of para-hydroxylation sites is 1. The van der Waals surface area contributed by atoms with Gasteiger partial charge in [0.05, 0.1) is 10.7 Å². The summed E-state index contributed by atoms with van der Waals surface area (Å²) in [4.78, 5) is 4.31. The maximum atomic E-state index is 6.20. The lowest BCUT2D eigenvalue weighted by molar-refractivity contribution is 0.887. The van der Waals surface area contributed by atoms with Crippen molar-refractivity contribution in [2.45, 2.75) is 0 Å². The zero-order chi connectivity index (χ0) is 13.2. The van der Waals surface area contributed by atoms with E-state index in [1.807, 2.05) is 48.5 Å². The van der Waals surface area contributed by atoms with Crippen LogP contribution in [-0.4, -0.2) is 14.8 Å². The van der Waals surface area contributed by atoms with Gasteiger partial charge in [-0.15, -0.1) is 0 Å². The van der Waals surface area contributed by atoms with E-state index in [9.17, 15) is 0 Å². The number of hydrogen-bond acceptors (Lipinski definition) is 2. The fourth-order valence-electron chi connectivity index (χ4n) is 1.84. The van der Waals surface area contributed by atoms with Crippen molar-refractivity contribution in [1.82, 2.24) is 14.8 Å². The van der Waals surface area contributed by atoms with Gasteiger partial charge in [0.2, 0.25) is 0 Å². The van der Waals surface area contributed by atoms with Gasteiger partial charge >= 0.3 is 0 Å². The molecule has 94 valence electrons. The van der Waals surface area contributed by atoms with Crippen LogP contribution in [0.2, 0.25) is 5.02 Å². The van der Waals surface area contributed by atoms with Gasteiger partial charge in [0.25, 0.3) is 0 Å². The Morgan fingerprint density at radius 3 is 2.47 bits per heavy atom. The Kier molecular flexibility index (Phi) is 3.36. The molecule has 0 aliphatic rings. The van der Waals surface area contributed by atoms with Gasteiger partial charge in [-0.2, -0.15) is 5.10 Å². The highest BCUT2D eigenvalue weighted by Gasteiger charge is 2.11. The Hall–Kier alpha value is -1.65. The molecule has 2 aromatic carbocycles. The summed E-state index contributed by atoms with van der Waals surface area (Å²) in [5, 5.41) is 4.90. The van der Waals surface area contributed by atoms with Crippen LogP contribution in [0.5, 0.6) is 0 Å². The Morgan fingerprint density at radius 2 is 1.74 bits per heavy atom. The molecule has 3 rings (SSSR count). The number of benzene rings is 2. The molecule has 0 amide bonds. The van der Waals surface area contributed by atoms with Crippen molar-refractivity contribution in [3.8, 4) is 17.1 Å². The molecular weight excluding hydrogens is 326 g/mol. The first-order valence-corrected chi connectivity index (χ1v) is 6.83. The first-order chi connectivity index (χ1) is 9.25. The average Bonchev–Trinajstić information content (AvgIpc) is 2.89. The van der Waals surface area contributed by atoms with Gasteiger partial charge in [-0.3, -0.25) is 0 Å². The van der Waals surface area contributed by atoms with Crippen LogP contribution in [0.15, 0.2) is 59.3 Å². The summed E-state index contributed by atoms with van der Waals surface area (Å²) in [7, 11) is 0. The van der Waals surface area contributed by atoms with Crippen molar-refractivity contribution in [2.24, 2.45) is 0 Å². The van der Waals surface area contributed by atoms with Crippen LogP contribution in [0.3, 0.4) is 0 Å². The van der Waals surface area contributed by atoms with E-state index in [2.05, 4.69) is 26.0 Å². The molecule has 3 nitrogen and oxygen atoms in total. The summed E-state index contributed by atoms with van der Waals surface area (Å²) in [6.45, 7) is 0. The molecule has 0 atom stereocenters. The van der Waals surface area contributed by atoms with E-state index in [0.29, 0.717) is 5.02 Å². The topological polar surface area (TPSA) is 30.7 Å². The summed E-state index contributed by atoms with van der Waals surface area (Å²) in [6.07, 6.45) is 1.53. The molecule has 0 fully saturated rings. The van der Waals surface area contributed by atoms with Crippen LogP contribution in [-0.2, 0) is 0 Å². The highest BCUT2D eigenvalue weighted by Crippen LogP contribution is 2.25. The van der Waals surface area contributed by atoms with Crippen LogP contribution >= 0.6 is 27.5 Å². The molecule has 1 aromatic heterocycles. The highest BCUT2D eigenvalue weighted by atomic mass is 79.9. The lowest BCUT2D eigenvalue weighted by atomic mass is 10.2. The summed E-state index contributed by atoms with van der Waals surface area (Å²) in [6, 6.07) is 15.5. The van der Waals surface area contributed by atoms with E-state index in [-0.39, 0.29) is 0 Å². The van der Waals surface area contributed by atoms with Crippen LogP contribution in [0.4, 0.5) is 0 Å². The maximum absolute atomic E-state index is 6.20. The first kappa shape index (κ1) is 12.4. The molecule has 3 aromatic rings. The van der Waals surface area contributed by atoms with E-state index in [0.717, 1.165) is 21.5 Å². The van der Waals surface area contributed by atoms with Gasteiger partial charge in [-0.05, 0) is 24.3 Å². The van der Waals surface area contributed by atoms with Crippen molar-refractivity contribution in [1.29, 1.82) is 0 Å². The number of nitrogens with zero attached hydrogens (tertiary/aromatic N) is 3. The van der Waals surface area contributed by atoms with Crippen molar-refractivity contribution < 1.29 is 0 Å². The first-order valence-electron chi connectivity index (χ1n) is 5.66. The summed E-state index contributed by atoms with van der Waals surface area (Å²) in [5.74, 6) is 0.764. The Morgan fingerprint density at radius 1 is 1.00 bits per heavy atom. The van der Waals surface area contributed by atoms with Crippen molar-refractivity contribution >= 4 is 27.5 Å². The maximum Gasteiger partial charge on any atom is 0.163 e. The molecule has 0 bridgehead atoms. The molecule has 0 unspecified atom stereocenters. The molecule has 19 heavy (non-hydrogen) atoms. The third-order valence-corrected chi connectivity index (χ3v) is 3.58. The fourth-order valence-corrected chi connectivity index (χ4v) is 2.32. The van der Waals surface area contributed by atoms with Crippen LogP contribution < -0.4 is 0 Å². The largest absolute Gasteiger partial charge is 0.215 e. The minimum atomic E-state index is 0.645. The van der Waals surface area contributed by atoms with E-state index >= 15 is 0 Å². The Balaban J connectivity index is 2.13. The molecule has 0 saturated carbocycles. The number of halogens is 2. The molecule has 0 radical (unpaired) electrons. The minimum Gasteiger partial charge on any atom is -0.215 e. The third kappa shape index (κ3) is 2.41. The second kappa shape index (κ2) is 5.15. The smallest absolute Gasteiger partial charge is 0.163 e. The Bertz CT molecular complexity index is 707. The van der Waals surface area contributed by atoms with Gasteiger partial charge in [-0.1, -0.05) is 51.8 Å². The van der Waals surface area contributed by atoms with Crippen molar-refractivity contribution in [3.63, 3.8) is 0 Å². The highest BCUT2D eigenvalue weighted by molar-refractivity contribution is 9.10. The van der Waals surface area contributed by atoms with E-state index in [1.54, 1.807) is 4.68 Å².